The second-order valence-electron chi connectivity index (χ2n) is 6.67. The van der Waals surface area contributed by atoms with Gasteiger partial charge in [-0.1, -0.05) is 6.92 Å². The summed E-state index contributed by atoms with van der Waals surface area (Å²) in [5.74, 6) is -0.150. The summed E-state index contributed by atoms with van der Waals surface area (Å²) in [4.78, 5) is 14.7. The van der Waals surface area contributed by atoms with Crippen LogP contribution in [0.1, 0.15) is 46.5 Å². The molecule has 1 saturated heterocycles. The SMILES string of the molecule is CCC1COCCN1C(C)CC(C)(NC1CC1)C(=O)OC. The summed E-state index contributed by atoms with van der Waals surface area (Å²) in [6.07, 6.45) is 4.17. The second-order valence-corrected chi connectivity index (χ2v) is 6.67. The highest BCUT2D eigenvalue weighted by atomic mass is 16.5. The molecule has 2 rings (SSSR count). The minimum Gasteiger partial charge on any atom is -0.468 e. The lowest BCUT2D eigenvalue weighted by atomic mass is 9.91. The van der Waals surface area contributed by atoms with Gasteiger partial charge in [0.1, 0.15) is 5.54 Å². The van der Waals surface area contributed by atoms with Crippen LogP contribution in [0.5, 0.6) is 0 Å². The van der Waals surface area contributed by atoms with Gasteiger partial charge in [0.25, 0.3) is 0 Å². The van der Waals surface area contributed by atoms with Gasteiger partial charge in [-0.2, -0.15) is 0 Å². The van der Waals surface area contributed by atoms with Crippen molar-refractivity contribution in [2.24, 2.45) is 0 Å². The van der Waals surface area contributed by atoms with E-state index in [0.717, 1.165) is 45.4 Å². The van der Waals surface area contributed by atoms with Gasteiger partial charge in [0, 0.05) is 24.7 Å². The number of carbonyl (C=O) groups excluding carboxylic acids is 1. The highest BCUT2D eigenvalue weighted by Gasteiger charge is 2.42. The molecule has 2 aliphatic rings. The maximum Gasteiger partial charge on any atom is 0.325 e. The van der Waals surface area contributed by atoms with Gasteiger partial charge in [0.05, 0.1) is 20.3 Å². The van der Waals surface area contributed by atoms with Gasteiger partial charge in [-0.25, -0.2) is 0 Å². The molecule has 0 bridgehead atoms. The van der Waals surface area contributed by atoms with Gasteiger partial charge >= 0.3 is 5.97 Å². The molecule has 0 aromatic rings. The first kappa shape index (κ1) is 16.7. The maximum atomic E-state index is 12.2. The normalized spacial score (nSPS) is 27.9. The molecule has 3 unspecified atom stereocenters. The van der Waals surface area contributed by atoms with E-state index in [0.29, 0.717) is 18.1 Å². The Morgan fingerprint density at radius 2 is 2.24 bits per heavy atom. The monoisotopic (exact) mass is 298 g/mol. The predicted octanol–water partition coefficient (Wildman–Crippen LogP) is 1.56. The summed E-state index contributed by atoms with van der Waals surface area (Å²) in [5.41, 5.74) is -0.591. The number of carbonyl (C=O) groups is 1. The van der Waals surface area contributed by atoms with Crippen molar-refractivity contribution in [2.45, 2.75) is 70.1 Å². The van der Waals surface area contributed by atoms with E-state index in [1.54, 1.807) is 0 Å². The standard InChI is InChI=1S/C16H30N2O3/c1-5-14-11-21-9-8-18(14)12(2)10-16(3,15(19)20-4)17-13-6-7-13/h12-14,17H,5-11H2,1-4H3. The van der Waals surface area contributed by atoms with Crippen LogP contribution in [0, 0.1) is 0 Å². The van der Waals surface area contributed by atoms with E-state index < -0.39 is 5.54 Å². The molecule has 5 heteroatoms. The van der Waals surface area contributed by atoms with Gasteiger partial charge in [-0.15, -0.1) is 0 Å². The Labute approximate surface area is 128 Å². The predicted molar refractivity (Wildman–Crippen MR) is 82.3 cm³/mol. The summed E-state index contributed by atoms with van der Waals surface area (Å²) in [6, 6.07) is 1.26. The minimum atomic E-state index is -0.591. The molecule has 0 amide bonds. The zero-order valence-corrected chi connectivity index (χ0v) is 13.9. The van der Waals surface area contributed by atoms with E-state index in [-0.39, 0.29) is 5.97 Å². The summed E-state index contributed by atoms with van der Waals surface area (Å²) in [5, 5.41) is 3.49. The lowest BCUT2D eigenvalue weighted by Gasteiger charge is -2.42. The van der Waals surface area contributed by atoms with E-state index in [2.05, 4.69) is 24.1 Å². The van der Waals surface area contributed by atoms with Crippen molar-refractivity contribution < 1.29 is 14.3 Å². The van der Waals surface area contributed by atoms with Crippen LogP contribution in [0.25, 0.3) is 0 Å². The van der Waals surface area contributed by atoms with E-state index in [1.165, 1.54) is 7.11 Å². The molecule has 1 saturated carbocycles. The van der Waals surface area contributed by atoms with Crippen LogP contribution in [-0.2, 0) is 14.3 Å². The summed E-state index contributed by atoms with van der Waals surface area (Å²) in [7, 11) is 1.48. The van der Waals surface area contributed by atoms with Crippen LogP contribution in [-0.4, -0.2) is 61.4 Å². The van der Waals surface area contributed by atoms with Crippen LogP contribution in [0.2, 0.25) is 0 Å². The Bertz CT molecular complexity index is 359. The second kappa shape index (κ2) is 7.07. The van der Waals surface area contributed by atoms with Gasteiger partial charge in [0.15, 0.2) is 0 Å². The smallest absolute Gasteiger partial charge is 0.325 e. The van der Waals surface area contributed by atoms with Crippen molar-refractivity contribution in [1.29, 1.82) is 0 Å². The van der Waals surface area contributed by atoms with Crippen LogP contribution < -0.4 is 5.32 Å². The zero-order valence-electron chi connectivity index (χ0n) is 13.9. The van der Waals surface area contributed by atoms with E-state index in [4.69, 9.17) is 9.47 Å². The van der Waals surface area contributed by atoms with Crippen molar-refractivity contribution >= 4 is 5.97 Å². The number of morpholine rings is 1. The molecule has 1 aliphatic carbocycles. The topological polar surface area (TPSA) is 50.8 Å². The Hall–Kier alpha value is -0.650. The molecule has 21 heavy (non-hydrogen) atoms. The molecule has 1 aliphatic heterocycles. The lowest BCUT2D eigenvalue weighted by molar-refractivity contribution is -0.149. The number of ether oxygens (including phenoxy) is 2. The summed E-state index contributed by atoms with van der Waals surface area (Å²) < 4.78 is 10.6. The molecule has 0 aromatic carbocycles. The third-order valence-corrected chi connectivity index (χ3v) is 4.75. The molecule has 0 aromatic heterocycles. The van der Waals surface area contributed by atoms with Crippen molar-refractivity contribution in [2.75, 3.05) is 26.9 Å². The number of nitrogens with one attached hydrogen (secondary N) is 1. The molecular weight excluding hydrogens is 268 g/mol. The third-order valence-electron chi connectivity index (χ3n) is 4.75. The first-order valence-corrected chi connectivity index (χ1v) is 8.19. The number of methoxy groups -OCH3 is 1. The number of nitrogens with zero attached hydrogens (tertiary/aromatic N) is 1. The van der Waals surface area contributed by atoms with E-state index >= 15 is 0 Å². The molecule has 3 atom stereocenters. The Balaban J connectivity index is 2.02. The Kier molecular flexibility index (Phi) is 5.63. The molecular formula is C16H30N2O3. The molecule has 1 N–H and O–H groups in total. The van der Waals surface area contributed by atoms with E-state index in [9.17, 15) is 4.79 Å². The van der Waals surface area contributed by atoms with Crippen LogP contribution >= 0.6 is 0 Å². The average molecular weight is 298 g/mol. The van der Waals surface area contributed by atoms with Crippen LogP contribution in [0.3, 0.4) is 0 Å². The molecule has 122 valence electrons. The van der Waals surface area contributed by atoms with Crippen molar-refractivity contribution in [3.63, 3.8) is 0 Å². The third kappa shape index (κ3) is 4.18. The fraction of sp³-hybridized carbons (Fsp3) is 0.938. The highest BCUT2D eigenvalue weighted by molar-refractivity contribution is 5.80. The number of esters is 1. The molecule has 0 radical (unpaired) electrons. The van der Waals surface area contributed by atoms with Crippen molar-refractivity contribution in [3.8, 4) is 0 Å². The van der Waals surface area contributed by atoms with Gasteiger partial charge in [0.2, 0.25) is 0 Å². The van der Waals surface area contributed by atoms with Gasteiger partial charge < -0.3 is 9.47 Å². The Morgan fingerprint density at radius 1 is 1.52 bits per heavy atom. The lowest BCUT2D eigenvalue weighted by Crippen LogP contribution is -2.57. The zero-order chi connectivity index (χ0) is 15.5. The van der Waals surface area contributed by atoms with Gasteiger partial charge in [-0.05, 0) is 39.5 Å². The maximum absolute atomic E-state index is 12.2. The van der Waals surface area contributed by atoms with Crippen molar-refractivity contribution in [3.05, 3.63) is 0 Å². The average Bonchev–Trinajstić information content (AvgIpc) is 3.29. The first-order chi connectivity index (χ1) is 10.00. The van der Waals surface area contributed by atoms with Crippen LogP contribution in [0.15, 0.2) is 0 Å². The number of rotatable bonds is 7. The van der Waals surface area contributed by atoms with Crippen LogP contribution in [0.4, 0.5) is 0 Å². The number of hydrogen-bond acceptors (Lipinski definition) is 5. The quantitative estimate of drug-likeness (QED) is 0.723. The summed E-state index contributed by atoms with van der Waals surface area (Å²) >= 11 is 0. The fourth-order valence-corrected chi connectivity index (χ4v) is 3.41. The minimum absolute atomic E-state index is 0.150. The highest BCUT2D eigenvalue weighted by Crippen LogP contribution is 2.28. The molecule has 1 heterocycles. The first-order valence-electron chi connectivity index (χ1n) is 8.19. The molecule has 2 fully saturated rings. The van der Waals surface area contributed by atoms with E-state index in [1.807, 2.05) is 6.92 Å². The number of hydrogen-bond donors (Lipinski definition) is 1. The summed E-state index contributed by atoms with van der Waals surface area (Å²) in [6.45, 7) is 8.91. The Morgan fingerprint density at radius 3 is 2.81 bits per heavy atom. The largest absolute Gasteiger partial charge is 0.468 e. The van der Waals surface area contributed by atoms with Crippen molar-refractivity contribution in [1.82, 2.24) is 10.2 Å². The van der Waals surface area contributed by atoms with Gasteiger partial charge in [-0.3, -0.25) is 15.0 Å². The molecule has 5 nitrogen and oxygen atoms in total. The molecule has 0 spiro atoms. The fourth-order valence-electron chi connectivity index (χ4n) is 3.41.